The smallest absolute Gasteiger partial charge is 0.322 e. The van der Waals surface area contributed by atoms with Gasteiger partial charge in [-0.05, 0) is 106 Å². The third-order valence-electron chi connectivity index (χ3n) is 12.1. The van der Waals surface area contributed by atoms with E-state index in [4.69, 9.17) is 0 Å². The predicted molar refractivity (Wildman–Crippen MR) is 229 cm³/mol. The lowest BCUT2D eigenvalue weighted by molar-refractivity contribution is -0.141. The molecular weight excluding hydrogens is 773 g/mol. The minimum atomic E-state index is -4.41. The molecule has 0 aliphatic carbocycles. The van der Waals surface area contributed by atoms with Crippen molar-refractivity contribution in [2.75, 3.05) is 0 Å². The lowest BCUT2D eigenvalue weighted by atomic mass is 9.89. The Hall–Kier alpha value is -3.58. The maximum absolute atomic E-state index is 15.2. The van der Waals surface area contributed by atoms with Gasteiger partial charge in [-0.2, -0.15) is 8.61 Å². The third kappa shape index (κ3) is 8.40. The fourth-order valence-electron chi connectivity index (χ4n) is 8.90. The molecule has 0 spiro atoms. The number of carboxylic acid groups (broad SMARTS) is 2. The summed E-state index contributed by atoms with van der Waals surface area (Å²) in [6.45, 7) is 23.8. The highest BCUT2D eigenvalue weighted by atomic mass is 32.2. The molecule has 12 heteroatoms. The quantitative estimate of drug-likeness (QED) is 0.163. The minimum Gasteiger partial charge on any atom is -0.480 e. The lowest BCUT2D eigenvalue weighted by Gasteiger charge is -2.33. The average molecular weight is 837 g/mol. The van der Waals surface area contributed by atoms with Crippen molar-refractivity contribution in [2.45, 2.75) is 178 Å². The Morgan fingerprint density at radius 2 is 0.793 bits per heavy atom. The number of benzene rings is 3. The van der Waals surface area contributed by atoms with Gasteiger partial charge in [0.05, 0.1) is 21.9 Å². The zero-order valence-corrected chi connectivity index (χ0v) is 37.9. The molecule has 3 aromatic carbocycles. The van der Waals surface area contributed by atoms with Crippen molar-refractivity contribution in [3.05, 3.63) is 93.0 Å². The van der Waals surface area contributed by atoms with Gasteiger partial charge < -0.3 is 10.2 Å². The maximum atomic E-state index is 15.2. The number of hydrogen-bond acceptors (Lipinski definition) is 6. The molecule has 0 bridgehead atoms. The van der Waals surface area contributed by atoms with E-state index < -0.39 is 56.2 Å². The van der Waals surface area contributed by atoms with Crippen molar-refractivity contribution in [3.8, 4) is 0 Å². The zero-order chi connectivity index (χ0) is 43.3. The van der Waals surface area contributed by atoms with Crippen LogP contribution in [0, 0.1) is 0 Å². The molecule has 0 radical (unpaired) electrons. The van der Waals surface area contributed by atoms with Crippen LogP contribution in [-0.2, 0) is 29.6 Å². The number of sulfonamides is 2. The van der Waals surface area contributed by atoms with Gasteiger partial charge in [0.15, 0.2) is 0 Å². The second-order valence-corrected chi connectivity index (χ2v) is 21.8. The fraction of sp³-hybridized carbons (Fsp3) is 0.565. The Morgan fingerprint density at radius 1 is 0.500 bits per heavy atom. The first-order valence-electron chi connectivity index (χ1n) is 20.9. The average Bonchev–Trinajstić information content (AvgIpc) is 3.81. The molecule has 2 heterocycles. The molecule has 2 aliphatic rings. The van der Waals surface area contributed by atoms with Gasteiger partial charge in [0.1, 0.15) is 12.1 Å². The summed E-state index contributed by atoms with van der Waals surface area (Å²) in [6, 6.07) is 10.4. The molecule has 5 rings (SSSR count). The molecule has 0 saturated carbocycles. The number of aliphatic carboxylic acids is 2. The highest BCUT2D eigenvalue weighted by molar-refractivity contribution is 7.89. The summed E-state index contributed by atoms with van der Waals surface area (Å²) in [5, 5.41) is 21.0. The molecule has 1 unspecified atom stereocenters. The number of rotatable bonds is 14. The van der Waals surface area contributed by atoms with Crippen LogP contribution in [0.5, 0.6) is 0 Å². The van der Waals surface area contributed by atoms with E-state index in [1.54, 1.807) is 24.3 Å². The van der Waals surface area contributed by atoms with Crippen LogP contribution in [0.4, 0.5) is 0 Å². The number of hydrogen-bond donors (Lipinski definition) is 2. The Morgan fingerprint density at radius 3 is 1.03 bits per heavy atom. The van der Waals surface area contributed by atoms with E-state index in [0.717, 1.165) is 11.1 Å². The van der Waals surface area contributed by atoms with Gasteiger partial charge in [0.2, 0.25) is 20.0 Å². The standard InChI is InChI=1S/C46H64N2O8S2/c1-25(2)33-21-35(27(5)6)43(36(22-33)28(7)8)57(53,54)47-39(16-18-41(47)45(49)50)31-14-13-15-32(20-31)40-17-19-42(46(51)52)48(40)58(55,56)44-37(29(9)10)23-34(26(3)4)24-38(44)30(11)12/h13-15,20-30,39-42H,16-19H2,1-12H3,(H,49,50)(H,51,52)/t39-,40-,41+,42?/m0/s1. The highest BCUT2D eigenvalue weighted by Crippen LogP contribution is 2.48. The van der Waals surface area contributed by atoms with Crippen LogP contribution in [0.25, 0.3) is 0 Å². The Balaban J connectivity index is 1.69. The SMILES string of the molecule is CC(C)c1cc(C(C)C)c(S(=O)(=O)N2C(C(=O)O)CC[C@H]2c2cccc([C@@H]3CC[C@H](C(=O)O)N3S(=O)(=O)c3c(C(C)C)cc(C(C)C)cc3C(C)C)c2)c(C(C)C)c1. The number of carbonyl (C=O) groups is 2. The molecule has 10 nitrogen and oxygen atoms in total. The predicted octanol–water partition coefficient (Wildman–Crippen LogP) is 10.4. The van der Waals surface area contributed by atoms with E-state index >= 15 is 16.8 Å². The third-order valence-corrected chi connectivity index (χ3v) is 16.2. The van der Waals surface area contributed by atoms with E-state index in [2.05, 4.69) is 27.7 Å². The van der Waals surface area contributed by atoms with Gasteiger partial charge in [-0.1, -0.05) is 132 Å². The van der Waals surface area contributed by atoms with Gasteiger partial charge in [-0.25, -0.2) is 16.8 Å². The molecule has 0 aromatic heterocycles. The van der Waals surface area contributed by atoms with Crippen LogP contribution < -0.4 is 0 Å². The fourth-order valence-corrected chi connectivity index (χ4v) is 13.9. The first-order valence-corrected chi connectivity index (χ1v) is 23.8. The van der Waals surface area contributed by atoms with E-state index in [9.17, 15) is 19.8 Å². The topological polar surface area (TPSA) is 149 Å². The molecule has 4 atom stereocenters. The first-order chi connectivity index (χ1) is 26.9. The van der Waals surface area contributed by atoms with Crippen LogP contribution in [0.3, 0.4) is 0 Å². The Bertz CT molecular complexity index is 2050. The molecule has 2 saturated heterocycles. The molecular formula is C46H64N2O8S2. The molecule has 2 N–H and O–H groups in total. The van der Waals surface area contributed by atoms with E-state index in [1.165, 1.54) is 8.61 Å². The van der Waals surface area contributed by atoms with Crippen LogP contribution in [0.15, 0.2) is 58.3 Å². The molecule has 2 fully saturated rings. The van der Waals surface area contributed by atoms with Gasteiger partial charge in [0, 0.05) is 0 Å². The largest absolute Gasteiger partial charge is 0.480 e. The van der Waals surface area contributed by atoms with E-state index in [0.29, 0.717) is 33.4 Å². The van der Waals surface area contributed by atoms with Crippen molar-refractivity contribution < 1.29 is 36.6 Å². The Labute approximate surface area is 347 Å². The lowest BCUT2D eigenvalue weighted by Crippen LogP contribution is -2.43. The van der Waals surface area contributed by atoms with Gasteiger partial charge in [-0.15, -0.1) is 0 Å². The van der Waals surface area contributed by atoms with Crippen molar-refractivity contribution in [1.82, 2.24) is 8.61 Å². The summed E-state index contributed by atoms with van der Waals surface area (Å²) in [7, 11) is -8.83. The summed E-state index contributed by atoms with van der Waals surface area (Å²) in [4.78, 5) is 26.1. The van der Waals surface area contributed by atoms with Crippen molar-refractivity contribution in [3.63, 3.8) is 0 Å². The molecule has 0 amide bonds. The second kappa shape index (κ2) is 17.2. The maximum Gasteiger partial charge on any atom is 0.322 e. The van der Waals surface area contributed by atoms with E-state index in [-0.39, 0.29) is 71.0 Å². The number of carboxylic acids is 2. The summed E-state index contributed by atoms with van der Waals surface area (Å²) >= 11 is 0. The van der Waals surface area contributed by atoms with Crippen molar-refractivity contribution in [1.29, 1.82) is 0 Å². The summed E-state index contributed by atoms with van der Waals surface area (Å²) < 4.78 is 63.2. The highest BCUT2D eigenvalue weighted by Gasteiger charge is 2.50. The summed E-state index contributed by atoms with van der Waals surface area (Å²) in [6.07, 6.45) is 0.656. The van der Waals surface area contributed by atoms with Gasteiger partial charge in [0.25, 0.3) is 0 Å². The van der Waals surface area contributed by atoms with Gasteiger partial charge >= 0.3 is 11.9 Å². The monoisotopic (exact) mass is 836 g/mol. The molecule has 58 heavy (non-hydrogen) atoms. The molecule has 318 valence electrons. The second-order valence-electron chi connectivity index (χ2n) is 18.2. The normalized spacial score (nSPS) is 21.1. The van der Waals surface area contributed by atoms with Gasteiger partial charge in [-0.3, -0.25) is 9.59 Å². The summed E-state index contributed by atoms with van der Waals surface area (Å²) in [5.41, 5.74) is 5.67. The zero-order valence-electron chi connectivity index (χ0n) is 36.3. The van der Waals surface area contributed by atoms with Crippen LogP contribution in [0.2, 0.25) is 0 Å². The van der Waals surface area contributed by atoms with E-state index in [1.807, 2.05) is 79.7 Å². The summed E-state index contributed by atoms with van der Waals surface area (Å²) in [5.74, 6) is -2.84. The van der Waals surface area contributed by atoms with Crippen LogP contribution in [-0.4, -0.2) is 59.7 Å². The van der Waals surface area contributed by atoms with Crippen LogP contribution in [0.1, 0.15) is 201 Å². The number of nitrogens with zero attached hydrogens (tertiary/aromatic N) is 2. The Kier molecular flexibility index (Phi) is 13.5. The minimum absolute atomic E-state index is 0.0922. The first kappa shape index (κ1) is 45.5. The molecule has 2 aliphatic heterocycles. The van der Waals surface area contributed by atoms with Crippen molar-refractivity contribution >= 4 is 32.0 Å². The van der Waals surface area contributed by atoms with Crippen molar-refractivity contribution in [2.24, 2.45) is 0 Å². The van der Waals surface area contributed by atoms with Crippen LogP contribution >= 0.6 is 0 Å². The molecule has 3 aromatic rings.